The molecule has 0 aromatic carbocycles. The van der Waals surface area contributed by atoms with Gasteiger partial charge in [0, 0.05) is 12.8 Å². The second-order valence-electron chi connectivity index (χ2n) is 20.7. The zero-order chi connectivity index (χ0) is 48.6. The van der Waals surface area contributed by atoms with Crippen LogP contribution in [0.5, 0.6) is 0 Å². The summed E-state index contributed by atoms with van der Waals surface area (Å²) in [5.74, 6) is -0.0301. The van der Waals surface area contributed by atoms with Gasteiger partial charge in [0.05, 0.1) is 25.4 Å². The lowest BCUT2D eigenvalue weighted by molar-refractivity contribution is -0.143. The monoisotopic (exact) mass is 944 g/mol. The largest absolute Gasteiger partial charge is 0.466 e. The molecule has 0 aliphatic carbocycles. The molecule has 0 fully saturated rings. The van der Waals surface area contributed by atoms with Gasteiger partial charge in [0.25, 0.3) is 0 Å². The zero-order valence-electron chi connectivity index (χ0n) is 45.1. The van der Waals surface area contributed by atoms with E-state index in [1.54, 1.807) is 0 Å². The van der Waals surface area contributed by atoms with Gasteiger partial charge in [-0.3, -0.25) is 9.59 Å². The van der Waals surface area contributed by atoms with Gasteiger partial charge in [0.15, 0.2) is 0 Å². The Bertz CT molecular complexity index is 1040. The topological polar surface area (TPSA) is 95.9 Å². The van der Waals surface area contributed by atoms with Crippen molar-refractivity contribution in [2.45, 2.75) is 341 Å². The van der Waals surface area contributed by atoms with Gasteiger partial charge in [-0.1, -0.05) is 282 Å². The molecule has 0 bridgehead atoms. The molecule has 2 atom stereocenters. The average Bonchev–Trinajstić information content (AvgIpc) is 3.33. The van der Waals surface area contributed by atoms with Crippen LogP contribution in [0.25, 0.3) is 0 Å². The number of aliphatic hydroxyl groups excluding tert-OH is 2. The van der Waals surface area contributed by atoms with Crippen molar-refractivity contribution in [3.05, 3.63) is 24.3 Å². The summed E-state index contributed by atoms with van der Waals surface area (Å²) in [6, 6.07) is -0.544. The Balaban J connectivity index is 3.42. The van der Waals surface area contributed by atoms with E-state index in [4.69, 9.17) is 4.74 Å². The Labute approximate surface area is 418 Å². The van der Waals surface area contributed by atoms with Crippen LogP contribution in [0.4, 0.5) is 0 Å². The molecule has 0 radical (unpaired) electrons. The van der Waals surface area contributed by atoms with Crippen LogP contribution >= 0.6 is 0 Å². The third-order valence-electron chi connectivity index (χ3n) is 14.0. The Kier molecular flexibility index (Phi) is 55.5. The molecule has 0 aliphatic heterocycles. The van der Waals surface area contributed by atoms with E-state index in [1.807, 2.05) is 0 Å². The average molecular weight is 945 g/mol. The molecule has 0 saturated heterocycles. The van der Waals surface area contributed by atoms with Gasteiger partial charge in [-0.05, 0) is 57.8 Å². The van der Waals surface area contributed by atoms with Crippen LogP contribution in [0.1, 0.15) is 328 Å². The highest BCUT2D eigenvalue weighted by Gasteiger charge is 2.20. The molecule has 0 heterocycles. The molecule has 0 rings (SSSR count). The second-order valence-corrected chi connectivity index (χ2v) is 20.7. The minimum absolute atomic E-state index is 0.0107. The van der Waals surface area contributed by atoms with E-state index in [0.29, 0.717) is 25.9 Å². The van der Waals surface area contributed by atoms with Gasteiger partial charge < -0.3 is 20.3 Å². The summed E-state index contributed by atoms with van der Waals surface area (Å²) in [7, 11) is 0. The van der Waals surface area contributed by atoms with E-state index in [2.05, 4.69) is 43.5 Å². The van der Waals surface area contributed by atoms with Crippen LogP contribution in [0.2, 0.25) is 0 Å². The third kappa shape index (κ3) is 53.5. The summed E-state index contributed by atoms with van der Waals surface area (Å²) in [4.78, 5) is 24.5. The van der Waals surface area contributed by atoms with Crippen molar-refractivity contribution in [1.29, 1.82) is 0 Å². The van der Waals surface area contributed by atoms with Gasteiger partial charge in [-0.25, -0.2) is 0 Å². The molecule has 0 aliphatic rings. The molecule has 396 valence electrons. The number of carbonyl (C=O) groups is 2. The number of carbonyl (C=O) groups excluding carboxylic acids is 2. The standard InChI is InChI=1S/C61H117NO5/c1-3-5-7-9-11-13-15-30-35-39-43-47-51-55-61(66)67-56-52-48-44-40-36-32-29-27-25-23-21-19-17-18-20-22-24-26-28-31-34-38-42-46-50-54-60(65)62-58(57-63)59(64)53-49-45-41-37-33-16-14-12-10-8-6-4-2/h18-21,58-59,63-64H,3-17,22-57H2,1-2H3,(H,62,65)/b20-18-,21-19-. The summed E-state index contributed by atoms with van der Waals surface area (Å²) in [6.07, 6.45) is 69.0. The summed E-state index contributed by atoms with van der Waals surface area (Å²) in [5.41, 5.74) is 0. The number of aliphatic hydroxyl groups is 2. The maximum atomic E-state index is 12.4. The number of unbranched alkanes of at least 4 members (excludes halogenated alkanes) is 41. The minimum atomic E-state index is -0.667. The fourth-order valence-electron chi connectivity index (χ4n) is 9.38. The third-order valence-corrected chi connectivity index (χ3v) is 14.0. The van der Waals surface area contributed by atoms with Crippen molar-refractivity contribution in [3.63, 3.8) is 0 Å². The number of allylic oxidation sites excluding steroid dienone is 4. The van der Waals surface area contributed by atoms with E-state index >= 15 is 0 Å². The number of ether oxygens (including phenoxy) is 1. The molecule has 6 nitrogen and oxygen atoms in total. The van der Waals surface area contributed by atoms with Crippen LogP contribution in [-0.4, -0.2) is 47.4 Å². The number of rotatable bonds is 56. The van der Waals surface area contributed by atoms with Crippen molar-refractivity contribution >= 4 is 11.9 Å². The van der Waals surface area contributed by atoms with Crippen molar-refractivity contribution in [2.75, 3.05) is 13.2 Å². The minimum Gasteiger partial charge on any atom is -0.466 e. The number of hydrogen-bond donors (Lipinski definition) is 3. The van der Waals surface area contributed by atoms with Gasteiger partial charge in [-0.15, -0.1) is 0 Å². The van der Waals surface area contributed by atoms with E-state index in [-0.39, 0.29) is 18.5 Å². The van der Waals surface area contributed by atoms with Crippen molar-refractivity contribution in [2.24, 2.45) is 0 Å². The Morgan fingerprint density at radius 1 is 0.418 bits per heavy atom. The van der Waals surface area contributed by atoms with Gasteiger partial charge >= 0.3 is 5.97 Å². The van der Waals surface area contributed by atoms with Crippen molar-refractivity contribution < 1.29 is 24.5 Å². The fraction of sp³-hybridized carbons (Fsp3) is 0.902. The SMILES string of the molecule is CCCCCCCCCCCCCCCC(=O)OCCCCCCCCCCC/C=C\C/C=C\CCCCCCCCCCCC(=O)NC(CO)C(O)CCCCCCCCCCCCCC. The lowest BCUT2D eigenvalue weighted by Gasteiger charge is -2.22. The predicted molar refractivity (Wildman–Crippen MR) is 292 cm³/mol. The van der Waals surface area contributed by atoms with Crippen LogP contribution in [0.3, 0.4) is 0 Å². The fourth-order valence-corrected chi connectivity index (χ4v) is 9.38. The first-order chi connectivity index (χ1) is 33.0. The molecule has 0 aromatic rings. The number of hydrogen-bond acceptors (Lipinski definition) is 5. The van der Waals surface area contributed by atoms with Crippen molar-refractivity contribution in [3.8, 4) is 0 Å². The Hall–Kier alpha value is -1.66. The first-order valence-corrected chi connectivity index (χ1v) is 30.1. The second kappa shape index (κ2) is 56.9. The molecule has 67 heavy (non-hydrogen) atoms. The normalized spacial score (nSPS) is 12.7. The highest BCUT2D eigenvalue weighted by Crippen LogP contribution is 2.17. The Morgan fingerprint density at radius 2 is 0.746 bits per heavy atom. The summed E-state index contributed by atoms with van der Waals surface area (Å²) in [5, 5.41) is 23.2. The smallest absolute Gasteiger partial charge is 0.305 e. The van der Waals surface area contributed by atoms with Gasteiger partial charge in [-0.2, -0.15) is 0 Å². The summed E-state index contributed by atoms with van der Waals surface area (Å²) < 4.78 is 5.47. The van der Waals surface area contributed by atoms with Crippen LogP contribution in [0, 0.1) is 0 Å². The van der Waals surface area contributed by atoms with Gasteiger partial charge in [0.2, 0.25) is 5.91 Å². The predicted octanol–water partition coefficient (Wildman–Crippen LogP) is 18.6. The van der Waals surface area contributed by atoms with E-state index in [9.17, 15) is 19.8 Å². The lowest BCUT2D eigenvalue weighted by atomic mass is 10.0. The van der Waals surface area contributed by atoms with Crippen molar-refractivity contribution in [1.82, 2.24) is 5.32 Å². The van der Waals surface area contributed by atoms with Crippen LogP contribution in [0.15, 0.2) is 24.3 Å². The molecule has 0 aromatic heterocycles. The highest BCUT2D eigenvalue weighted by molar-refractivity contribution is 5.76. The molecule has 0 spiro atoms. The van der Waals surface area contributed by atoms with Crippen LogP contribution in [-0.2, 0) is 14.3 Å². The first kappa shape index (κ1) is 65.3. The van der Waals surface area contributed by atoms with Crippen LogP contribution < -0.4 is 5.32 Å². The van der Waals surface area contributed by atoms with E-state index in [0.717, 1.165) is 44.9 Å². The number of esters is 1. The van der Waals surface area contributed by atoms with E-state index < -0.39 is 12.1 Å². The molecule has 3 N–H and O–H groups in total. The summed E-state index contributed by atoms with van der Waals surface area (Å²) in [6.45, 7) is 4.95. The maximum Gasteiger partial charge on any atom is 0.305 e. The lowest BCUT2D eigenvalue weighted by Crippen LogP contribution is -2.45. The first-order valence-electron chi connectivity index (χ1n) is 30.1. The molecule has 0 saturated carbocycles. The molecular formula is C61H117NO5. The number of amides is 1. The number of nitrogens with one attached hydrogen (secondary N) is 1. The summed E-state index contributed by atoms with van der Waals surface area (Å²) >= 11 is 0. The Morgan fingerprint density at radius 3 is 1.13 bits per heavy atom. The molecule has 6 heteroatoms. The van der Waals surface area contributed by atoms with E-state index in [1.165, 1.54) is 250 Å². The molecular weight excluding hydrogens is 827 g/mol. The highest BCUT2D eigenvalue weighted by atomic mass is 16.5. The zero-order valence-corrected chi connectivity index (χ0v) is 45.1. The quantitative estimate of drug-likeness (QED) is 0.0321. The van der Waals surface area contributed by atoms with Gasteiger partial charge in [0.1, 0.15) is 0 Å². The molecule has 2 unspecified atom stereocenters. The molecule has 1 amide bonds. The maximum absolute atomic E-state index is 12.4.